The second-order valence-corrected chi connectivity index (χ2v) is 6.43. The molecule has 0 saturated heterocycles. The fourth-order valence-electron chi connectivity index (χ4n) is 2.56. The number of anilines is 1. The molecule has 0 radical (unpaired) electrons. The zero-order chi connectivity index (χ0) is 12.4. The molecule has 4 heteroatoms. The number of hydrogen-bond donors (Lipinski definition) is 1. The van der Waals surface area contributed by atoms with Crippen molar-refractivity contribution in [1.29, 1.82) is 0 Å². The molecule has 2 nitrogen and oxygen atoms in total. The van der Waals surface area contributed by atoms with E-state index in [-0.39, 0.29) is 0 Å². The maximum atomic E-state index is 6.00. The van der Waals surface area contributed by atoms with Crippen LogP contribution in [-0.2, 0) is 0 Å². The minimum absolute atomic E-state index is 0.600. The van der Waals surface area contributed by atoms with Crippen LogP contribution in [0.5, 0.6) is 0 Å². The van der Waals surface area contributed by atoms with Crippen LogP contribution < -0.4 is 5.32 Å². The lowest BCUT2D eigenvalue weighted by Gasteiger charge is -2.14. The molecule has 1 saturated carbocycles. The smallest absolute Gasteiger partial charge is 0.184 e. The number of fused-ring (bicyclic) bond motifs is 1. The monoisotopic (exact) mass is 280 g/mol. The van der Waals surface area contributed by atoms with Crippen LogP contribution in [0.1, 0.15) is 38.5 Å². The summed E-state index contributed by atoms with van der Waals surface area (Å²) in [5.41, 5.74) is 1.04. The lowest BCUT2D eigenvalue weighted by molar-refractivity contribution is 0.620. The minimum Gasteiger partial charge on any atom is -0.359 e. The Morgan fingerprint density at radius 2 is 1.94 bits per heavy atom. The second-order valence-electron chi connectivity index (χ2n) is 4.96. The molecule has 0 atom stereocenters. The van der Waals surface area contributed by atoms with E-state index in [1.54, 1.807) is 11.3 Å². The third kappa shape index (κ3) is 2.78. The molecule has 1 aromatic heterocycles. The Bertz CT molecular complexity index is 530. The van der Waals surface area contributed by atoms with Gasteiger partial charge in [0.1, 0.15) is 0 Å². The third-order valence-electron chi connectivity index (χ3n) is 3.53. The van der Waals surface area contributed by atoms with Gasteiger partial charge in [-0.05, 0) is 31.0 Å². The van der Waals surface area contributed by atoms with Crippen molar-refractivity contribution >= 4 is 38.3 Å². The van der Waals surface area contributed by atoms with Gasteiger partial charge in [-0.3, -0.25) is 0 Å². The molecule has 1 heterocycles. The highest BCUT2D eigenvalue weighted by molar-refractivity contribution is 7.22. The lowest BCUT2D eigenvalue weighted by atomic mass is 10.1. The van der Waals surface area contributed by atoms with Gasteiger partial charge in [-0.1, -0.05) is 48.6 Å². The first kappa shape index (κ1) is 12.2. The van der Waals surface area contributed by atoms with Gasteiger partial charge < -0.3 is 5.32 Å². The molecule has 1 aliphatic rings. The Kier molecular flexibility index (Phi) is 3.71. The van der Waals surface area contributed by atoms with Crippen LogP contribution in [-0.4, -0.2) is 11.0 Å². The van der Waals surface area contributed by atoms with Gasteiger partial charge in [0.25, 0.3) is 0 Å². The molecule has 3 rings (SSSR count). The van der Waals surface area contributed by atoms with Crippen LogP contribution in [0.4, 0.5) is 5.13 Å². The van der Waals surface area contributed by atoms with Crippen LogP contribution in [0.15, 0.2) is 18.2 Å². The summed E-state index contributed by atoms with van der Waals surface area (Å²) in [6.45, 7) is 0. The largest absolute Gasteiger partial charge is 0.359 e. The number of thiazole rings is 1. The van der Waals surface area contributed by atoms with E-state index in [2.05, 4.69) is 10.3 Å². The van der Waals surface area contributed by atoms with Crippen LogP contribution >= 0.6 is 22.9 Å². The topological polar surface area (TPSA) is 24.9 Å². The molecule has 96 valence electrons. The lowest BCUT2D eigenvalue weighted by Crippen LogP contribution is -2.17. The average Bonchev–Trinajstić information content (AvgIpc) is 2.57. The molecule has 0 amide bonds. The van der Waals surface area contributed by atoms with Gasteiger partial charge in [-0.15, -0.1) is 0 Å². The van der Waals surface area contributed by atoms with Gasteiger partial charge >= 0.3 is 0 Å². The van der Waals surface area contributed by atoms with E-state index < -0.39 is 0 Å². The summed E-state index contributed by atoms with van der Waals surface area (Å²) >= 11 is 7.71. The molecular formula is C14H17ClN2S. The van der Waals surface area contributed by atoms with Crippen LogP contribution in [0.3, 0.4) is 0 Å². The van der Waals surface area contributed by atoms with Crippen molar-refractivity contribution in [3.8, 4) is 0 Å². The summed E-state index contributed by atoms with van der Waals surface area (Å²) in [5.74, 6) is 0. The normalized spacial score (nSPS) is 17.8. The molecule has 0 spiro atoms. The predicted molar refractivity (Wildman–Crippen MR) is 79.7 cm³/mol. The van der Waals surface area contributed by atoms with Gasteiger partial charge in [0.2, 0.25) is 0 Å². The van der Waals surface area contributed by atoms with E-state index in [1.807, 2.05) is 18.2 Å². The standard InChI is InChI=1S/C14H17ClN2S/c15-10-7-8-12-13(9-10)18-14(17-12)16-11-5-3-1-2-4-6-11/h7-9,11H,1-6H2,(H,16,17). The summed E-state index contributed by atoms with van der Waals surface area (Å²) in [7, 11) is 0. The van der Waals surface area contributed by atoms with Gasteiger partial charge in [0.05, 0.1) is 10.2 Å². The van der Waals surface area contributed by atoms with Gasteiger partial charge in [-0.25, -0.2) is 4.98 Å². The van der Waals surface area contributed by atoms with Crippen LogP contribution in [0.25, 0.3) is 10.2 Å². The molecule has 0 unspecified atom stereocenters. The highest BCUT2D eigenvalue weighted by Crippen LogP contribution is 2.30. The highest BCUT2D eigenvalue weighted by Gasteiger charge is 2.13. The zero-order valence-corrected chi connectivity index (χ0v) is 11.9. The minimum atomic E-state index is 0.600. The summed E-state index contributed by atoms with van der Waals surface area (Å²) in [6.07, 6.45) is 8.00. The first-order valence-corrected chi connectivity index (χ1v) is 7.83. The summed E-state index contributed by atoms with van der Waals surface area (Å²) in [5, 5.41) is 5.42. The number of benzene rings is 1. The third-order valence-corrected chi connectivity index (χ3v) is 4.72. The van der Waals surface area contributed by atoms with Crippen molar-refractivity contribution < 1.29 is 0 Å². The van der Waals surface area contributed by atoms with Crippen LogP contribution in [0.2, 0.25) is 5.02 Å². The molecule has 1 aromatic carbocycles. The van der Waals surface area contributed by atoms with E-state index >= 15 is 0 Å². The van der Waals surface area contributed by atoms with Gasteiger partial charge in [0, 0.05) is 11.1 Å². The molecule has 2 aromatic rings. The molecule has 0 aliphatic heterocycles. The van der Waals surface area contributed by atoms with Crippen molar-refractivity contribution in [2.75, 3.05) is 5.32 Å². The molecule has 1 aliphatic carbocycles. The average molecular weight is 281 g/mol. The Hall–Kier alpha value is -0.800. The number of rotatable bonds is 2. The number of nitrogens with zero attached hydrogens (tertiary/aromatic N) is 1. The molecule has 1 N–H and O–H groups in total. The Morgan fingerprint density at radius 3 is 2.72 bits per heavy atom. The highest BCUT2D eigenvalue weighted by atomic mass is 35.5. The van der Waals surface area contributed by atoms with E-state index in [9.17, 15) is 0 Å². The van der Waals surface area contributed by atoms with Gasteiger partial charge in [-0.2, -0.15) is 0 Å². The number of halogens is 1. The molecule has 18 heavy (non-hydrogen) atoms. The molecular weight excluding hydrogens is 264 g/mol. The maximum absolute atomic E-state index is 6.00. The van der Waals surface area contributed by atoms with Crippen molar-refractivity contribution in [3.63, 3.8) is 0 Å². The quantitative estimate of drug-likeness (QED) is 0.776. The Labute approximate surface area is 116 Å². The van der Waals surface area contributed by atoms with E-state index in [1.165, 1.54) is 43.2 Å². The number of aromatic nitrogens is 1. The fraction of sp³-hybridized carbons (Fsp3) is 0.500. The fourth-order valence-corrected chi connectivity index (χ4v) is 3.78. The zero-order valence-electron chi connectivity index (χ0n) is 10.3. The summed E-state index contributed by atoms with van der Waals surface area (Å²) in [4.78, 5) is 4.63. The number of hydrogen-bond acceptors (Lipinski definition) is 3. The SMILES string of the molecule is Clc1ccc2nc(NC3CCCCCC3)sc2c1. The van der Waals surface area contributed by atoms with E-state index in [0.717, 1.165) is 15.7 Å². The van der Waals surface area contributed by atoms with Crippen molar-refractivity contribution in [3.05, 3.63) is 23.2 Å². The maximum Gasteiger partial charge on any atom is 0.184 e. The second kappa shape index (κ2) is 5.45. The van der Waals surface area contributed by atoms with Gasteiger partial charge in [0.15, 0.2) is 5.13 Å². The molecule has 0 bridgehead atoms. The van der Waals surface area contributed by atoms with Crippen molar-refractivity contribution in [1.82, 2.24) is 4.98 Å². The Morgan fingerprint density at radius 1 is 1.17 bits per heavy atom. The van der Waals surface area contributed by atoms with E-state index in [0.29, 0.717) is 6.04 Å². The van der Waals surface area contributed by atoms with E-state index in [4.69, 9.17) is 11.6 Å². The number of nitrogens with one attached hydrogen (secondary N) is 1. The first-order chi connectivity index (χ1) is 8.81. The molecule has 1 fully saturated rings. The van der Waals surface area contributed by atoms with Crippen molar-refractivity contribution in [2.24, 2.45) is 0 Å². The predicted octanol–water partition coefficient (Wildman–Crippen LogP) is 5.08. The van der Waals surface area contributed by atoms with Crippen LogP contribution in [0, 0.1) is 0 Å². The first-order valence-electron chi connectivity index (χ1n) is 6.64. The Balaban J connectivity index is 1.77. The summed E-state index contributed by atoms with van der Waals surface area (Å²) < 4.78 is 1.17. The van der Waals surface area contributed by atoms with Crippen molar-refractivity contribution in [2.45, 2.75) is 44.6 Å². The summed E-state index contributed by atoms with van der Waals surface area (Å²) in [6, 6.07) is 6.49.